The molecule has 0 spiro atoms. The quantitative estimate of drug-likeness (QED) is 0.306. The van der Waals surface area contributed by atoms with Gasteiger partial charge in [0, 0.05) is 35.4 Å². The van der Waals surface area contributed by atoms with E-state index < -0.39 is 0 Å². The van der Waals surface area contributed by atoms with E-state index in [1.807, 2.05) is 36.0 Å². The predicted molar refractivity (Wildman–Crippen MR) is 139 cm³/mol. The second-order valence-corrected chi connectivity index (χ2v) is 10.3. The molecule has 0 atom stereocenters. The molecule has 2 aliphatic carbocycles. The molecule has 0 bridgehead atoms. The third-order valence-corrected chi connectivity index (χ3v) is 7.62. The molecule has 35 heavy (non-hydrogen) atoms. The summed E-state index contributed by atoms with van der Waals surface area (Å²) < 4.78 is 8.02. The normalized spacial score (nSPS) is 20.8. The zero-order valence-electron chi connectivity index (χ0n) is 19.6. The van der Waals surface area contributed by atoms with Crippen molar-refractivity contribution in [3.8, 4) is 10.9 Å². The standard InChI is InChI=1S/C25H30N8OS/c26-16-5-7-18(8-6-16)30-24-31-22(21-23(32-24)33(15-28-21)19-3-1-2-4-19)29-17-9-11-20(12-10-17)34-25-27-13-14-35-25/h9-16,18-19H,1-8,26H2,(H2,29,30,31,32). The molecule has 2 saturated carbocycles. The minimum Gasteiger partial charge on any atom is -0.431 e. The highest BCUT2D eigenvalue weighted by molar-refractivity contribution is 7.11. The number of rotatable bonds is 7. The largest absolute Gasteiger partial charge is 0.431 e. The number of anilines is 3. The van der Waals surface area contributed by atoms with Crippen molar-refractivity contribution in [2.75, 3.05) is 10.6 Å². The van der Waals surface area contributed by atoms with Gasteiger partial charge in [0.05, 0.1) is 6.33 Å². The van der Waals surface area contributed by atoms with Gasteiger partial charge >= 0.3 is 0 Å². The molecule has 2 fully saturated rings. The molecule has 2 aliphatic rings. The van der Waals surface area contributed by atoms with Gasteiger partial charge in [0.2, 0.25) is 5.95 Å². The van der Waals surface area contributed by atoms with Gasteiger partial charge in [-0.25, -0.2) is 9.97 Å². The molecule has 10 heteroatoms. The average molecular weight is 491 g/mol. The van der Waals surface area contributed by atoms with Gasteiger partial charge in [-0.2, -0.15) is 9.97 Å². The molecule has 4 aromatic rings. The first-order valence-corrected chi connectivity index (χ1v) is 13.3. The van der Waals surface area contributed by atoms with Crippen molar-refractivity contribution in [2.24, 2.45) is 5.73 Å². The van der Waals surface area contributed by atoms with Crippen LogP contribution in [0.3, 0.4) is 0 Å². The molecule has 4 N–H and O–H groups in total. The van der Waals surface area contributed by atoms with E-state index in [9.17, 15) is 0 Å². The highest BCUT2D eigenvalue weighted by Gasteiger charge is 2.24. The van der Waals surface area contributed by atoms with Crippen LogP contribution in [0.1, 0.15) is 57.4 Å². The number of benzene rings is 1. The molecule has 3 aromatic heterocycles. The minimum atomic E-state index is 0.306. The van der Waals surface area contributed by atoms with Crippen molar-refractivity contribution in [3.63, 3.8) is 0 Å². The molecule has 0 saturated heterocycles. The van der Waals surface area contributed by atoms with E-state index in [-0.39, 0.29) is 0 Å². The Morgan fingerprint density at radius 2 is 1.77 bits per heavy atom. The maximum atomic E-state index is 6.11. The highest BCUT2D eigenvalue weighted by Crippen LogP contribution is 2.34. The number of hydrogen-bond donors (Lipinski definition) is 3. The lowest BCUT2D eigenvalue weighted by Gasteiger charge is -2.27. The molecule has 0 aliphatic heterocycles. The summed E-state index contributed by atoms with van der Waals surface area (Å²) in [6.07, 6.45) is 12.6. The highest BCUT2D eigenvalue weighted by atomic mass is 32.1. The first-order chi connectivity index (χ1) is 17.2. The first kappa shape index (κ1) is 22.2. The number of imidazole rings is 1. The van der Waals surface area contributed by atoms with E-state index >= 15 is 0 Å². The van der Waals surface area contributed by atoms with E-state index in [0.29, 0.717) is 35.1 Å². The van der Waals surface area contributed by atoms with Crippen LogP contribution in [0.2, 0.25) is 0 Å². The smallest absolute Gasteiger partial charge is 0.278 e. The Morgan fingerprint density at radius 3 is 2.51 bits per heavy atom. The fourth-order valence-electron chi connectivity index (χ4n) is 5.07. The van der Waals surface area contributed by atoms with E-state index in [0.717, 1.165) is 48.3 Å². The van der Waals surface area contributed by atoms with Crippen LogP contribution in [-0.4, -0.2) is 36.6 Å². The third-order valence-electron chi connectivity index (χ3n) is 6.98. The fraction of sp³-hybridized carbons (Fsp3) is 0.440. The maximum absolute atomic E-state index is 6.11. The Labute approximate surface area is 208 Å². The van der Waals surface area contributed by atoms with Crippen LogP contribution in [0.4, 0.5) is 17.5 Å². The predicted octanol–water partition coefficient (Wildman–Crippen LogP) is 5.62. The van der Waals surface area contributed by atoms with Gasteiger partial charge in [-0.05, 0) is 62.8 Å². The first-order valence-electron chi connectivity index (χ1n) is 12.4. The number of fused-ring (bicyclic) bond motifs is 1. The van der Waals surface area contributed by atoms with Crippen molar-refractivity contribution < 1.29 is 4.74 Å². The van der Waals surface area contributed by atoms with Gasteiger partial charge in [0.1, 0.15) is 5.75 Å². The number of hydrogen-bond acceptors (Lipinski definition) is 9. The van der Waals surface area contributed by atoms with Crippen LogP contribution in [0.25, 0.3) is 11.2 Å². The van der Waals surface area contributed by atoms with Gasteiger partial charge in [0.15, 0.2) is 17.0 Å². The summed E-state index contributed by atoms with van der Waals surface area (Å²) >= 11 is 1.46. The lowest BCUT2D eigenvalue weighted by molar-refractivity contribution is 0.410. The average Bonchev–Trinajstić information content (AvgIpc) is 3.64. The Morgan fingerprint density at radius 1 is 0.971 bits per heavy atom. The van der Waals surface area contributed by atoms with Gasteiger partial charge in [-0.1, -0.05) is 24.2 Å². The van der Waals surface area contributed by atoms with Crippen LogP contribution in [0.15, 0.2) is 42.2 Å². The molecule has 182 valence electrons. The van der Waals surface area contributed by atoms with Crippen LogP contribution in [0, 0.1) is 0 Å². The molecular weight excluding hydrogens is 460 g/mol. The summed E-state index contributed by atoms with van der Waals surface area (Å²) in [5.74, 6) is 2.08. The lowest BCUT2D eigenvalue weighted by atomic mass is 9.92. The molecule has 0 unspecified atom stereocenters. The number of nitrogens with two attached hydrogens (primary N) is 1. The van der Waals surface area contributed by atoms with Crippen LogP contribution >= 0.6 is 11.3 Å². The van der Waals surface area contributed by atoms with Crippen LogP contribution in [0.5, 0.6) is 10.9 Å². The van der Waals surface area contributed by atoms with Crippen molar-refractivity contribution in [1.82, 2.24) is 24.5 Å². The van der Waals surface area contributed by atoms with Crippen molar-refractivity contribution >= 4 is 40.0 Å². The topological polar surface area (TPSA) is 116 Å². The summed E-state index contributed by atoms with van der Waals surface area (Å²) in [4.78, 5) is 18.7. The summed E-state index contributed by atoms with van der Waals surface area (Å²) in [7, 11) is 0. The Balaban J connectivity index is 1.28. The van der Waals surface area contributed by atoms with E-state index in [1.165, 1.54) is 37.0 Å². The van der Waals surface area contributed by atoms with Crippen molar-refractivity contribution in [1.29, 1.82) is 0 Å². The molecule has 1 aromatic carbocycles. The molecule has 3 heterocycles. The number of ether oxygens (including phenoxy) is 1. The molecule has 0 amide bonds. The Bertz CT molecular complexity index is 1260. The summed E-state index contributed by atoms with van der Waals surface area (Å²) in [5, 5.41) is 9.56. The number of nitrogens with one attached hydrogen (secondary N) is 2. The maximum Gasteiger partial charge on any atom is 0.278 e. The monoisotopic (exact) mass is 490 g/mol. The van der Waals surface area contributed by atoms with Crippen molar-refractivity contribution in [3.05, 3.63) is 42.2 Å². The van der Waals surface area contributed by atoms with Crippen LogP contribution in [-0.2, 0) is 0 Å². The van der Waals surface area contributed by atoms with Gasteiger partial charge < -0.3 is 25.7 Å². The second kappa shape index (κ2) is 9.79. The van der Waals surface area contributed by atoms with E-state index in [2.05, 4.69) is 20.2 Å². The van der Waals surface area contributed by atoms with Gasteiger partial charge in [-0.3, -0.25) is 0 Å². The van der Waals surface area contributed by atoms with Gasteiger partial charge in [0.25, 0.3) is 5.19 Å². The Kier molecular flexibility index (Phi) is 6.22. The van der Waals surface area contributed by atoms with Crippen molar-refractivity contribution in [2.45, 2.75) is 69.5 Å². The molecular formula is C25H30N8OS. The van der Waals surface area contributed by atoms with E-state index in [1.54, 1.807) is 6.20 Å². The zero-order valence-corrected chi connectivity index (χ0v) is 20.4. The fourth-order valence-corrected chi connectivity index (χ4v) is 5.57. The van der Waals surface area contributed by atoms with Gasteiger partial charge in [-0.15, -0.1) is 0 Å². The van der Waals surface area contributed by atoms with E-state index in [4.69, 9.17) is 25.4 Å². The SMILES string of the molecule is NC1CCC(Nc2nc(Nc3ccc(Oc4nccs4)cc3)c3ncn(C4CCCC4)c3n2)CC1. The minimum absolute atomic E-state index is 0.306. The zero-order chi connectivity index (χ0) is 23.6. The summed E-state index contributed by atoms with van der Waals surface area (Å²) in [6, 6.07) is 8.88. The number of aromatic nitrogens is 5. The second-order valence-electron chi connectivity index (χ2n) is 9.46. The molecule has 0 radical (unpaired) electrons. The third kappa shape index (κ3) is 4.94. The Hall–Kier alpha value is -3.24. The molecule has 9 nitrogen and oxygen atoms in total. The number of nitrogens with zero attached hydrogens (tertiary/aromatic N) is 5. The lowest BCUT2D eigenvalue weighted by Crippen LogP contribution is -2.33. The summed E-state index contributed by atoms with van der Waals surface area (Å²) in [6.45, 7) is 0. The number of thiazole rings is 1. The summed E-state index contributed by atoms with van der Waals surface area (Å²) in [5.41, 5.74) is 8.68. The molecule has 6 rings (SSSR count). The van der Waals surface area contributed by atoms with Crippen LogP contribution < -0.4 is 21.1 Å².